The van der Waals surface area contributed by atoms with Crippen LogP contribution in [0.4, 0.5) is 4.39 Å². The zero-order chi connectivity index (χ0) is 15.1. The SMILES string of the molecule is CCCNC(c1ccncc1F)C1(OC)CCCCCC1. The minimum absolute atomic E-state index is 0.108. The van der Waals surface area contributed by atoms with Crippen molar-refractivity contribution < 1.29 is 9.13 Å². The van der Waals surface area contributed by atoms with Gasteiger partial charge in [0.2, 0.25) is 0 Å². The van der Waals surface area contributed by atoms with Crippen molar-refractivity contribution in [2.75, 3.05) is 13.7 Å². The Morgan fingerprint density at radius 2 is 2.05 bits per heavy atom. The van der Waals surface area contributed by atoms with Crippen molar-refractivity contribution in [2.24, 2.45) is 0 Å². The summed E-state index contributed by atoms with van der Waals surface area (Å²) in [7, 11) is 1.77. The zero-order valence-corrected chi connectivity index (χ0v) is 13.2. The fourth-order valence-electron chi connectivity index (χ4n) is 3.43. The van der Waals surface area contributed by atoms with E-state index in [0.29, 0.717) is 5.56 Å². The molecule has 0 spiro atoms. The lowest BCUT2D eigenvalue weighted by Crippen LogP contribution is -2.46. The Hall–Kier alpha value is -1.00. The van der Waals surface area contributed by atoms with Gasteiger partial charge >= 0.3 is 0 Å². The molecule has 1 saturated carbocycles. The Labute approximate surface area is 127 Å². The quantitative estimate of drug-likeness (QED) is 0.805. The third-order valence-electron chi connectivity index (χ3n) is 4.60. The smallest absolute Gasteiger partial charge is 0.146 e. The molecule has 2 rings (SSSR count). The van der Waals surface area contributed by atoms with E-state index >= 15 is 0 Å². The first kappa shape index (κ1) is 16.4. The summed E-state index contributed by atoms with van der Waals surface area (Å²) in [5.74, 6) is -0.244. The molecule has 0 radical (unpaired) electrons. The average molecular weight is 294 g/mol. The van der Waals surface area contributed by atoms with Crippen molar-refractivity contribution in [3.8, 4) is 0 Å². The van der Waals surface area contributed by atoms with E-state index in [2.05, 4.69) is 17.2 Å². The summed E-state index contributed by atoms with van der Waals surface area (Å²) in [6.45, 7) is 2.98. The number of hydrogen-bond acceptors (Lipinski definition) is 3. The molecule has 0 aromatic carbocycles. The molecular formula is C17H27FN2O. The van der Waals surface area contributed by atoms with Gasteiger partial charge in [0, 0.05) is 18.9 Å². The van der Waals surface area contributed by atoms with E-state index in [9.17, 15) is 4.39 Å². The molecule has 1 aromatic rings. The van der Waals surface area contributed by atoms with Crippen LogP contribution in [0, 0.1) is 5.82 Å². The second-order valence-corrected chi connectivity index (χ2v) is 5.97. The van der Waals surface area contributed by atoms with Crippen LogP contribution in [0.3, 0.4) is 0 Å². The minimum Gasteiger partial charge on any atom is -0.376 e. The molecule has 4 heteroatoms. The lowest BCUT2D eigenvalue weighted by Gasteiger charge is -2.40. The minimum atomic E-state index is -0.312. The van der Waals surface area contributed by atoms with Gasteiger partial charge in [0.05, 0.1) is 17.8 Å². The third-order valence-corrected chi connectivity index (χ3v) is 4.60. The third kappa shape index (κ3) is 3.80. The van der Waals surface area contributed by atoms with E-state index in [1.165, 1.54) is 19.0 Å². The standard InChI is InChI=1S/C17H27FN2O/c1-3-11-20-16(14-8-12-19-13-15(14)18)17(21-2)9-6-4-5-7-10-17/h8,12-13,16,20H,3-7,9-11H2,1-2H3. The first-order valence-electron chi connectivity index (χ1n) is 8.11. The lowest BCUT2D eigenvalue weighted by molar-refractivity contribution is -0.0548. The van der Waals surface area contributed by atoms with Crippen LogP contribution < -0.4 is 5.32 Å². The van der Waals surface area contributed by atoms with Gasteiger partial charge in [0.25, 0.3) is 0 Å². The summed E-state index contributed by atoms with van der Waals surface area (Å²) >= 11 is 0. The van der Waals surface area contributed by atoms with Crippen molar-refractivity contribution >= 4 is 0 Å². The Balaban J connectivity index is 2.34. The number of halogens is 1. The van der Waals surface area contributed by atoms with Crippen LogP contribution in [0.1, 0.15) is 63.5 Å². The first-order valence-corrected chi connectivity index (χ1v) is 8.11. The summed E-state index contributed by atoms with van der Waals surface area (Å²) in [5, 5.41) is 3.52. The van der Waals surface area contributed by atoms with E-state index in [1.54, 1.807) is 19.4 Å². The maximum Gasteiger partial charge on any atom is 0.146 e. The highest BCUT2D eigenvalue weighted by molar-refractivity contribution is 5.22. The first-order chi connectivity index (χ1) is 10.2. The van der Waals surface area contributed by atoms with Crippen molar-refractivity contribution in [3.05, 3.63) is 29.8 Å². The van der Waals surface area contributed by atoms with E-state index < -0.39 is 0 Å². The zero-order valence-electron chi connectivity index (χ0n) is 13.2. The van der Waals surface area contributed by atoms with Crippen LogP contribution in [0.2, 0.25) is 0 Å². The van der Waals surface area contributed by atoms with Crippen LogP contribution >= 0.6 is 0 Å². The topological polar surface area (TPSA) is 34.2 Å². The molecule has 0 saturated heterocycles. The van der Waals surface area contributed by atoms with Gasteiger partial charge < -0.3 is 10.1 Å². The van der Waals surface area contributed by atoms with Crippen LogP contribution in [-0.4, -0.2) is 24.2 Å². The summed E-state index contributed by atoms with van der Waals surface area (Å²) in [6, 6.07) is 1.68. The van der Waals surface area contributed by atoms with Crippen molar-refractivity contribution in [1.82, 2.24) is 10.3 Å². The highest BCUT2D eigenvalue weighted by Gasteiger charge is 2.40. The Bertz CT molecular complexity index is 431. The van der Waals surface area contributed by atoms with Gasteiger partial charge in [-0.05, 0) is 31.9 Å². The molecule has 0 bridgehead atoms. The summed E-state index contributed by atoms with van der Waals surface area (Å²) in [6.07, 6.45) is 10.7. The molecule has 0 amide bonds. The number of nitrogens with one attached hydrogen (secondary N) is 1. The number of methoxy groups -OCH3 is 1. The van der Waals surface area contributed by atoms with Gasteiger partial charge in [0.1, 0.15) is 5.82 Å². The molecular weight excluding hydrogens is 267 g/mol. The summed E-state index contributed by atoms with van der Waals surface area (Å²) in [5.41, 5.74) is 0.371. The summed E-state index contributed by atoms with van der Waals surface area (Å²) < 4.78 is 20.2. The van der Waals surface area contributed by atoms with Gasteiger partial charge in [-0.15, -0.1) is 0 Å². The molecule has 3 nitrogen and oxygen atoms in total. The Morgan fingerprint density at radius 3 is 2.62 bits per heavy atom. The van der Waals surface area contributed by atoms with Crippen LogP contribution in [0.15, 0.2) is 18.5 Å². The Kier molecular flexibility index (Phi) is 6.12. The van der Waals surface area contributed by atoms with E-state index in [0.717, 1.165) is 38.6 Å². The van der Waals surface area contributed by atoms with Crippen LogP contribution in [0.25, 0.3) is 0 Å². The fraction of sp³-hybridized carbons (Fsp3) is 0.706. The van der Waals surface area contributed by atoms with Gasteiger partial charge in [-0.25, -0.2) is 4.39 Å². The van der Waals surface area contributed by atoms with Crippen molar-refractivity contribution in [1.29, 1.82) is 0 Å². The monoisotopic (exact) mass is 294 g/mol. The predicted molar refractivity (Wildman–Crippen MR) is 82.7 cm³/mol. The maximum atomic E-state index is 14.3. The fourth-order valence-corrected chi connectivity index (χ4v) is 3.43. The highest BCUT2D eigenvalue weighted by atomic mass is 19.1. The molecule has 118 valence electrons. The van der Waals surface area contributed by atoms with Gasteiger partial charge in [-0.1, -0.05) is 32.6 Å². The number of aromatic nitrogens is 1. The molecule has 1 fully saturated rings. The number of pyridine rings is 1. The highest BCUT2D eigenvalue weighted by Crippen LogP contribution is 2.40. The molecule has 1 atom stereocenters. The van der Waals surface area contributed by atoms with Crippen molar-refractivity contribution in [3.63, 3.8) is 0 Å². The number of rotatable bonds is 6. The number of nitrogens with zero attached hydrogens (tertiary/aromatic N) is 1. The summed E-state index contributed by atoms with van der Waals surface area (Å²) in [4.78, 5) is 3.88. The molecule has 1 aromatic heterocycles. The average Bonchev–Trinajstić information content (AvgIpc) is 2.76. The number of hydrogen-bond donors (Lipinski definition) is 1. The van der Waals surface area contributed by atoms with E-state index in [-0.39, 0.29) is 17.5 Å². The number of ether oxygens (including phenoxy) is 1. The molecule has 1 aliphatic rings. The second-order valence-electron chi connectivity index (χ2n) is 5.97. The molecule has 21 heavy (non-hydrogen) atoms. The largest absolute Gasteiger partial charge is 0.376 e. The van der Waals surface area contributed by atoms with E-state index in [4.69, 9.17) is 4.74 Å². The molecule has 0 aliphatic heterocycles. The van der Waals surface area contributed by atoms with Crippen LogP contribution in [-0.2, 0) is 4.74 Å². The van der Waals surface area contributed by atoms with E-state index in [1.807, 2.05) is 0 Å². The predicted octanol–water partition coefficient (Wildman–Crippen LogP) is 4.00. The lowest BCUT2D eigenvalue weighted by atomic mass is 9.82. The van der Waals surface area contributed by atoms with Crippen LogP contribution in [0.5, 0.6) is 0 Å². The Morgan fingerprint density at radius 1 is 1.33 bits per heavy atom. The molecule has 1 aliphatic carbocycles. The second kappa shape index (κ2) is 7.85. The molecule has 1 unspecified atom stereocenters. The molecule has 1 N–H and O–H groups in total. The van der Waals surface area contributed by atoms with Gasteiger partial charge in [-0.3, -0.25) is 4.98 Å². The normalized spacial score (nSPS) is 20.0. The van der Waals surface area contributed by atoms with Gasteiger partial charge in [-0.2, -0.15) is 0 Å². The maximum absolute atomic E-state index is 14.3. The van der Waals surface area contributed by atoms with Crippen molar-refractivity contribution in [2.45, 2.75) is 63.5 Å². The molecule has 1 heterocycles. The van der Waals surface area contributed by atoms with Gasteiger partial charge in [0.15, 0.2) is 0 Å².